The zero-order valence-electron chi connectivity index (χ0n) is 13.7. The summed E-state index contributed by atoms with van der Waals surface area (Å²) in [7, 11) is 0. The Balaban J connectivity index is 2.09. The minimum atomic E-state index is 0.579. The van der Waals surface area contributed by atoms with Crippen molar-refractivity contribution in [3.05, 3.63) is 96.4 Å². The highest BCUT2D eigenvalue weighted by Crippen LogP contribution is 2.21. The molecular weight excluding hydrogens is 300 g/mol. The highest BCUT2D eigenvalue weighted by Gasteiger charge is 2.06. The lowest BCUT2D eigenvalue weighted by Crippen LogP contribution is -1.97. The van der Waals surface area contributed by atoms with Gasteiger partial charge in [-0.3, -0.25) is 0 Å². The van der Waals surface area contributed by atoms with Crippen LogP contribution < -0.4 is 16.2 Å². The van der Waals surface area contributed by atoms with Gasteiger partial charge in [-0.05, 0) is 55.5 Å². The van der Waals surface area contributed by atoms with Crippen molar-refractivity contribution in [2.24, 2.45) is 5.73 Å². The molecule has 124 valence electrons. The van der Waals surface area contributed by atoms with Crippen molar-refractivity contribution in [1.82, 2.24) is 0 Å². The molecule has 0 fully saturated rings. The van der Waals surface area contributed by atoms with Crippen molar-refractivity contribution in [2.75, 3.05) is 5.73 Å². The van der Waals surface area contributed by atoms with E-state index in [9.17, 15) is 0 Å². The lowest BCUT2D eigenvalue weighted by atomic mass is 10.3. The van der Waals surface area contributed by atoms with Crippen LogP contribution in [0.3, 0.4) is 0 Å². The fourth-order valence-corrected chi connectivity index (χ4v) is 1.94. The number of rotatable bonds is 6. The molecule has 0 atom stereocenters. The molecule has 4 nitrogen and oxygen atoms in total. The Morgan fingerprint density at radius 3 is 2.67 bits per heavy atom. The molecule has 4 N–H and O–H groups in total. The first-order valence-electron chi connectivity index (χ1n) is 7.62. The quantitative estimate of drug-likeness (QED) is 0.465. The summed E-state index contributed by atoms with van der Waals surface area (Å²) in [6.07, 6.45) is 13.5. The molecule has 24 heavy (non-hydrogen) atoms. The maximum atomic E-state index is 5.89. The van der Waals surface area contributed by atoms with Crippen LogP contribution in [0.25, 0.3) is 0 Å². The summed E-state index contributed by atoms with van der Waals surface area (Å²) in [4.78, 5) is 0. The third kappa shape index (κ3) is 5.57. The summed E-state index contributed by atoms with van der Waals surface area (Å²) >= 11 is 0. The van der Waals surface area contributed by atoms with Crippen LogP contribution in [0.4, 0.5) is 5.69 Å². The molecule has 0 unspecified atom stereocenters. The first-order valence-corrected chi connectivity index (χ1v) is 7.62. The average Bonchev–Trinajstić information content (AvgIpc) is 2.79. The SMILES string of the molecule is C=C/C(N)=C\C=C(/C)OC1=CC=CCC(Oc2ccc(N)cc2)=C1. The van der Waals surface area contributed by atoms with Gasteiger partial charge in [0.25, 0.3) is 0 Å². The molecule has 0 radical (unpaired) electrons. The van der Waals surface area contributed by atoms with E-state index in [0.717, 1.165) is 11.5 Å². The van der Waals surface area contributed by atoms with E-state index in [1.54, 1.807) is 30.4 Å². The van der Waals surface area contributed by atoms with Crippen LogP contribution >= 0.6 is 0 Å². The van der Waals surface area contributed by atoms with Gasteiger partial charge in [0.15, 0.2) is 0 Å². The van der Waals surface area contributed by atoms with E-state index >= 15 is 0 Å². The number of nitrogen functional groups attached to an aromatic ring is 1. The Morgan fingerprint density at radius 1 is 1.21 bits per heavy atom. The zero-order valence-corrected chi connectivity index (χ0v) is 13.7. The number of benzene rings is 1. The molecule has 0 saturated carbocycles. The number of nitrogens with two attached hydrogens (primary N) is 2. The van der Waals surface area contributed by atoms with Crippen molar-refractivity contribution >= 4 is 5.69 Å². The minimum Gasteiger partial charge on any atom is -0.462 e. The molecule has 4 heteroatoms. The van der Waals surface area contributed by atoms with Gasteiger partial charge in [-0.15, -0.1) is 0 Å². The van der Waals surface area contributed by atoms with Gasteiger partial charge in [0, 0.05) is 23.9 Å². The lowest BCUT2D eigenvalue weighted by molar-refractivity contribution is 0.317. The minimum absolute atomic E-state index is 0.579. The predicted octanol–water partition coefficient (Wildman–Crippen LogP) is 4.32. The summed E-state index contributed by atoms with van der Waals surface area (Å²) in [5, 5.41) is 0. The Labute approximate surface area is 142 Å². The summed E-state index contributed by atoms with van der Waals surface area (Å²) in [6, 6.07) is 7.28. The van der Waals surface area contributed by atoms with Gasteiger partial charge in [-0.1, -0.05) is 18.7 Å². The highest BCUT2D eigenvalue weighted by atomic mass is 16.5. The smallest absolute Gasteiger partial charge is 0.130 e. The normalized spacial score (nSPS) is 15.2. The second-order valence-corrected chi connectivity index (χ2v) is 5.23. The van der Waals surface area contributed by atoms with Gasteiger partial charge in [0.2, 0.25) is 0 Å². The van der Waals surface area contributed by atoms with Gasteiger partial charge in [-0.25, -0.2) is 0 Å². The molecule has 0 aromatic heterocycles. The van der Waals surface area contributed by atoms with E-state index < -0.39 is 0 Å². The largest absolute Gasteiger partial charge is 0.462 e. The van der Waals surface area contributed by atoms with E-state index in [4.69, 9.17) is 20.9 Å². The van der Waals surface area contributed by atoms with Crippen molar-refractivity contribution in [2.45, 2.75) is 13.3 Å². The molecule has 0 spiro atoms. The zero-order chi connectivity index (χ0) is 17.4. The Hall–Kier alpha value is -3.14. The Kier molecular flexibility index (Phi) is 6.08. The number of hydrogen-bond donors (Lipinski definition) is 2. The van der Waals surface area contributed by atoms with Gasteiger partial charge < -0.3 is 20.9 Å². The molecular formula is C20H22N2O2. The van der Waals surface area contributed by atoms with Crippen molar-refractivity contribution in [3.63, 3.8) is 0 Å². The maximum Gasteiger partial charge on any atom is 0.130 e. The number of allylic oxidation sites excluding steroid dienone is 8. The van der Waals surface area contributed by atoms with Crippen LogP contribution in [0.1, 0.15) is 13.3 Å². The fraction of sp³-hybridized carbons (Fsp3) is 0.100. The van der Waals surface area contributed by atoms with E-state index in [1.165, 1.54) is 0 Å². The third-order valence-electron chi connectivity index (χ3n) is 3.17. The van der Waals surface area contributed by atoms with Gasteiger partial charge in [0.05, 0.1) is 0 Å². The molecule has 1 aliphatic carbocycles. The van der Waals surface area contributed by atoms with Gasteiger partial charge in [-0.2, -0.15) is 0 Å². The standard InChI is InChI=1S/C20H22N2O2/c1-3-16(21)9-8-15(2)23-19-6-4-5-7-20(14-19)24-18-12-10-17(22)11-13-18/h3-6,8-14H,1,7,21-22H2,2H3/b15-8+,16-9+. The number of anilines is 1. The van der Waals surface area contributed by atoms with Crippen LogP contribution in [-0.4, -0.2) is 0 Å². The molecule has 1 aromatic carbocycles. The molecule has 0 amide bonds. The Bertz CT molecular complexity index is 735. The topological polar surface area (TPSA) is 70.5 Å². The van der Waals surface area contributed by atoms with Gasteiger partial charge in [0.1, 0.15) is 23.0 Å². The molecule has 0 bridgehead atoms. The summed E-state index contributed by atoms with van der Waals surface area (Å²) in [6.45, 7) is 5.46. The van der Waals surface area contributed by atoms with Crippen molar-refractivity contribution in [1.29, 1.82) is 0 Å². The predicted molar refractivity (Wildman–Crippen MR) is 98.7 cm³/mol. The Morgan fingerprint density at radius 2 is 1.96 bits per heavy atom. The van der Waals surface area contributed by atoms with Crippen LogP contribution in [0.5, 0.6) is 5.75 Å². The van der Waals surface area contributed by atoms with E-state index in [0.29, 0.717) is 29.3 Å². The second kappa shape index (κ2) is 8.48. The fourth-order valence-electron chi connectivity index (χ4n) is 1.94. The average molecular weight is 322 g/mol. The van der Waals surface area contributed by atoms with E-state index in [1.807, 2.05) is 43.4 Å². The van der Waals surface area contributed by atoms with Crippen LogP contribution in [0.15, 0.2) is 96.4 Å². The lowest BCUT2D eigenvalue weighted by Gasteiger charge is -2.10. The second-order valence-electron chi connectivity index (χ2n) is 5.23. The molecule has 1 aliphatic rings. The van der Waals surface area contributed by atoms with E-state index in [2.05, 4.69) is 6.58 Å². The first kappa shape index (κ1) is 17.2. The molecule has 0 saturated heterocycles. The third-order valence-corrected chi connectivity index (χ3v) is 3.17. The van der Waals surface area contributed by atoms with Crippen molar-refractivity contribution < 1.29 is 9.47 Å². The number of hydrogen-bond acceptors (Lipinski definition) is 4. The summed E-state index contributed by atoms with van der Waals surface area (Å²) in [5.74, 6) is 2.92. The monoisotopic (exact) mass is 322 g/mol. The maximum absolute atomic E-state index is 5.89. The van der Waals surface area contributed by atoms with Crippen LogP contribution in [0.2, 0.25) is 0 Å². The summed E-state index contributed by atoms with van der Waals surface area (Å²) in [5.41, 5.74) is 12.6. The van der Waals surface area contributed by atoms with Crippen LogP contribution in [-0.2, 0) is 4.74 Å². The van der Waals surface area contributed by atoms with Gasteiger partial charge >= 0.3 is 0 Å². The highest BCUT2D eigenvalue weighted by molar-refractivity contribution is 5.42. The number of ether oxygens (including phenoxy) is 2. The van der Waals surface area contributed by atoms with Crippen molar-refractivity contribution in [3.8, 4) is 5.75 Å². The van der Waals surface area contributed by atoms with E-state index in [-0.39, 0.29) is 0 Å². The molecule has 0 heterocycles. The first-order chi connectivity index (χ1) is 11.6. The summed E-state index contributed by atoms with van der Waals surface area (Å²) < 4.78 is 11.7. The van der Waals surface area contributed by atoms with Crippen LogP contribution in [0, 0.1) is 0 Å². The molecule has 1 aromatic rings. The molecule has 2 rings (SSSR count). The molecule has 0 aliphatic heterocycles.